The maximum absolute atomic E-state index is 11.3. The molecule has 0 aliphatic rings. The Bertz CT molecular complexity index is 327. The fourth-order valence-corrected chi connectivity index (χ4v) is 1.02. The molecule has 1 unspecified atom stereocenters. The molecule has 0 radical (unpaired) electrons. The molecule has 0 aromatic heterocycles. The van der Waals surface area contributed by atoms with E-state index in [4.69, 9.17) is 10.00 Å². The molecule has 0 bridgehead atoms. The summed E-state index contributed by atoms with van der Waals surface area (Å²) in [5.74, 6) is -2.27. The highest BCUT2D eigenvalue weighted by atomic mass is 16.5. The van der Waals surface area contributed by atoms with E-state index in [1.54, 1.807) is 19.9 Å². The lowest BCUT2D eigenvalue weighted by atomic mass is 10.0. The summed E-state index contributed by atoms with van der Waals surface area (Å²) in [6, 6.07) is 1.78. The monoisotopic (exact) mass is 225 g/mol. The highest BCUT2D eigenvalue weighted by Gasteiger charge is 2.21. The molecule has 0 aliphatic carbocycles. The number of carbonyl (C=O) groups is 2. The highest BCUT2D eigenvalue weighted by Crippen LogP contribution is 2.11. The summed E-state index contributed by atoms with van der Waals surface area (Å²) in [6.45, 7) is 5.29. The van der Waals surface area contributed by atoms with Crippen molar-refractivity contribution < 1.29 is 19.1 Å². The Labute approximate surface area is 94.6 Å². The number of carbonyl (C=O) groups excluding carboxylic acids is 2. The fraction of sp³-hybridized carbons (Fsp3) is 0.545. The van der Waals surface area contributed by atoms with Crippen molar-refractivity contribution in [2.45, 2.75) is 20.8 Å². The molecule has 0 aliphatic heterocycles. The molecule has 16 heavy (non-hydrogen) atoms. The van der Waals surface area contributed by atoms with Gasteiger partial charge in [0.1, 0.15) is 0 Å². The summed E-state index contributed by atoms with van der Waals surface area (Å²) in [6.07, 6.45) is 1.13. The highest BCUT2D eigenvalue weighted by molar-refractivity contribution is 5.86. The summed E-state index contributed by atoms with van der Waals surface area (Å²) in [4.78, 5) is 22.4. The quantitative estimate of drug-likeness (QED) is 0.519. The van der Waals surface area contributed by atoms with Crippen molar-refractivity contribution in [2.24, 2.45) is 5.92 Å². The van der Waals surface area contributed by atoms with Crippen LogP contribution in [0.2, 0.25) is 0 Å². The first-order valence-electron chi connectivity index (χ1n) is 4.98. The van der Waals surface area contributed by atoms with Crippen LogP contribution >= 0.6 is 0 Å². The van der Waals surface area contributed by atoms with Gasteiger partial charge < -0.3 is 9.47 Å². The van der Waals surface area contributed by atoms with Gasteiger partial charge in [0.15, 0.2) is 5.92 Å². The van der Waals surface area contributed by atoms with Crippen molar-refractivity contribution in [2.75, 3.05) is 13.2 Å². The van der Waals surface area contributed by atoms with E-state index in [9.17, 15) is 9.59 Å². The van der Waals surface area contributed by atoms with Gasteiger partial charge in [0.25, 0.3) is 0 Å². The Morgan fingerprint density at radius 1 is 1.31 bits per heavy atom. The molecular formula is C11H15NO4. The van der Waals surface area contributed by atoms with Crippen molar-refractivity contribution in [3.63, 3.8) is 0 Å². The molecule has 88 valence electrons. The molecule has 1 atom stereocenters. The third-order valence-corrected chi connectivity index (χ3v) is 1.74. The minimum absolute atomic E-state index is 0.198. The number of rotatable bonds is 5. The van der Waals surface area contributed by atoms with Crippen molar-refractivity contribution in [1.29, 1.82) is 5.26 Å². The molecule has 0 saturated carbocycles. The van der Waals surface area contributed by atoms with E-state index >= 15 is 0 Å². The van der Waals surface area contributed by atoms with Crippen LogP contribution in [0.4, 0.5) is 0 Å². The van der Waals surface area contributed by atoms with E-state index in [0.717, 1.165) is 6.08 Å². The van der Waals surface area contributed by atoms with Gasteiger partial charge in [0.05, 0.1) is 19.3 Å². The zero-order chi connectivity index (χ0) is 12.6. The SMILES string of the molecule is CCOC(=O)C=C(C)C(C#N)C(=O)OCC. The van der Waals surface area contributed by atoms with Crippen LogP contribution in [-0.2, 0) is 19.1 Å². The Morgan fingerprint density at radius 2 is 1.88 bits per heavy atom. The standard InChI is InChI=1S/C11H15NO4/c1-4-15-10(13)6-8(3)9(7-12)11(14)16-5-2/h6,9H,4-5H2,1-3H3. The lowest BCUT2D eigenvalue weighted by Crippen LogP contribution is -2.18. The summed E-state index contributed by atoms with van der Waals surface area (Å²) in [5.41, 5.74) is 0.319. The minimum Gasteiger partial charge on any atom is -0.465 e. The normalized spacial score (nSPS) is 12.5. The van der Waals surface area contributed by atoms with Gasteiger partial charge in [-0.15, -0.1) is 0 Å². The van der Waals surface area contributed by atoms with Crippen LogP contribution in [0.3, 0.4) is 0 Å². The minimum atomic E-state index is -1.05. The van der Waals surface area contributed by atoms with Gasteiger partial charge in [-0.3, -0.25) is 4.79 Å². The van der Waals surface area contributed by atoms with Gasteiger partial charge in [0.2, 0.25) is 0 Å². The molecule has 0 fully saturated rings. The van der Waals surface area contributed by atoms with Crippen LogP contribution < -0.4 is 0 Å². The maximum atomic E-state index is 11.3. The van der Waals surface area contributed by atoms with Crippen LogP contribution in [-0.4, -0.2) is 25.2 Å². The molecule has 5 heteroatoms. The Hall–Kier alpha value is -1.83. The van der Waals surface area contributed by atoms with Crippen molar-refractivity contribution >= 4 is 11.9 Å². The summed E-state index contributed by atoms with van der Waals surface area (Å²) < 4.78 is 9.37. The molecule has 0 N–H and O–H groups in total. The molecule has 5 nitrogen and oxygen atoms in total. The Morgan fingerprint density at radius 3 is 2.31 bits per heavy atom. The van der Waals surface area contributed by atoms with Crippen molar-refractivity contribution in [3.8, 4) is 6.07 Å². The third-order valence-electron chi connectivity index (χ3n) is 1.74. The maximum Gasteiger partial charge on any atom is 0.330 e. The third kappa shape index (κ3) is 4.60. The molecule has 0 rings (SSSR count). The van der Waals surface area contributed by atoms with E-state index in [2.05, 4.69) is 4.74 Å². The molecule has 0 spiro atoms. The van der Waals surface area contributed by atoms with E-state index in [1.807, 2.05) is 0 Å². The second-order valence-electron chi connectivity index (χ2n) is 2.95. The number of esters is 2. The van der Waals surface area contributed by atoms with Crippen LogP contribution in [0.5, 0.6) is 0 Å². The number of hydrogen-bond donors (Lipinski definition) is 0. The predicted molar refractivity (Wildman–Crippen MR) is 56.1 cm³/mol. The number of hydrogen-bond acceptors (Lipinski definition) is 5. The van der Waals surface area contributed by atoms with Crippen molar-refractivity contribution in [1.82, 2.24) is 0 Å². The van der Waals surface area contributed by atoms with Crippen LogP contribution in [0, 0.1) is 17.2 Å². The molecule has 0 amide bonds. The van der Waals surface area contributed by atoms with E-state index in [-0.39, 0.29) is 13.2 Å². The summed E-state index contributed by atoms with van der Waals surface area (Å²) in [5, 5.41) is 8.79. The first-order valence-corrected chi connectivity index (χ1v) is 4.98. The van der Waals surface area contributed by atoms with Crippen LogP contribution in [0.25, 0.3) is 0 Å². The van der Waals surface area contributed by atoms with Crippen molar-refractivity contribution in [3.05, 3.63) is 11.6 Å². The lowest BCUT2D eigenvalue weighted by molar-refractivity contribution is -0.144. The zero-order valence-electron chi connectivity index (χ0n) is 9.65. The fourth-order valence-electron chi connectivity index (χ4n) is 1.02. The first-order chi connectivity index (χ1) is 7.56. The van der Waals surface area contributed by atoms with E-state index in [0.29, 0.717) is 5.57 Å². The number of ether oxygens (including phenoxy) is 2. The average molecular weight is 225 g/mol. The average Bonchev–Trinajstić information content (AvgIpc) is 2.19. The molecule has 0 aromatic carbocycles. The first kappa shape index (κ1) is 14.2. The smallest absolute Gasteiger partial charge is 0.330 e. The van der Waals surface area contributed by atoms with Gasteiger partial charge in [-0.1, -0.05) is 0 Å². The molecule has 0 heterocycles. The van der Waals surface area contributed by atoms with Gasteiger partial charge >= 0.3 is 11.9 Å². The lowest BCUT2D eigenvalue weighted by Gasteiger charge is -2.08. The van der Waals surface area contributed by atoms with Gasteiger partial charge in [-0.2, -0.15) is 5.26 Å². The summed E-state index contributed by atoms with van der Waals surface area (Å²) in [7, 11) is 0. The molecule has 0 aromatic rings. The predicted octanol–water partition coefficient (Wildman–Crippen LogP) is 1.20. The second kappa shape index (κ2) is 7.46. The van der Waals surface area contributed by atoms with Gasteiger partial charge in [-0.25, -0.2) is 4.79 Å². The zero-order valence-corrected chi connectivity index (χ0v) is 9.65. The largest absolute Gasteiger partial charge is 0.465 e. The van der Waals surface area contributed by atoms with Crippen LogP contribution in [0.15, 0.2) is 11.6 Å². The molecule has 0 saturated heterocycles. The topological polar surface area (TPSA) is 76.4 Å². The number of nitrogens with zero attached hydrogens (tertiary/aromatic N) is 1. The van der Waals surface area contributed by atoms with E-state index < -0.39 is 17.9 Å². The van der Waals surface area contributed by atoms with E-state index in [1.165, 1.54) is 6.92 Å². The van der Waals surface area contributed by atoms with Crippen LogP contribution in [0.1, 0.15) is 20.8 Å². The summed E-state index contributed by atoms with van der Waals surface area (Å²) >= 11 is 0. The van der Waals surface area contributed by atoms with Gasteiger partial charge in [-0.05, 0) is 26.3 Å². The van der Waals surface area contributed by atoms with Gasteiger partial charge in [0, 0.05) is 6.08 Å². The Kier molecular flexibility index (Phi) is 6.61. The second-order valence-corrected chi connectivity index (χ2v) is 2.95. The number of nitriles is 1. The Balaban J connectivity index is 4.66. The molecular weight excluding hydrogens is 210 g/mol.